The van der Waals surface area contributed by atoms with Crippen molar-refractivity contribution in [1.82, 2.24) is 0 Å². The van der Waals surface area contributed by atoms with Crippen LogP contribution >= 0.6 is 11.6 Å². The first-order valence-corrected chi connectivity index (χ1v) is 7.57. The van der Waals surface area contributed by atoms with Gasteiger partial charge in [0, 0.05) is 16.4 Å². The SMILES string of the molecule is CCCOC(=O)c1ccc(NC(=O)Nc2ccc(Cl)cc2)cc1. The van der Waals surface area contributed by atoms with Crippen LogP contribution in [0.25, 0.3) is 0 Å². The molecule has 2 aromatic rings. The lowest BCUT2D eigenvalue weighted by Gasteiger charge is -2.08. The van der Waals surface area contributed by atoms with E-state index in [1.165, 1.54) is 0 Å². The zero-order valence-corrected chi connectivity index (χ0v) is 13.4. The molecule has 0 aromatic heterocycles. The molecule has 0 unspecified atom stereocenters. The van der Waals surface area contributed by atoms with Crippen LogP contribution in [0.4, 0.5) is 16.2 Å². The van der Waals surface area contributed by atoms with Gasteiger partial charge >= 0.3 is 12.0 Å². The minimum Gasteiger partial charge on any atom is -0.462 e. The van der Waals surface area contributed by atoms with Crippen LogP contribution in [0.2, 0.25) is 5.02 Å². The maximum Gasteiger partial charge on any atom is 0.338 e. The number of urea groups is 1. The van der Waals surface area contributed by atoms with E-state index in [-0.39, 0.29) is 12.0 Å². The summed E-state index contributed by atoms with van der Waals surface area (Å²) in [5.41, 5.74) is 1.65. The Balaban J connectivity index is 1.91. The number of ether oxygens (including phenoxy) is 1. The summed E-state index contributed by atoms with van der Waals surface area (Å²) in [5.74, 6) is -0.371. The summed E-state index contributed by atoms with van der Waals surface area (Å²) in [7, 11) is 0. The van der Waals surface area contributed by atoms with E-state index in [0.717, 1.165) is 6.42 Å². The molecule has 2 rings (SSSR count). The Bertz CT molecular complexity index is 669. The summed E-state index contributed by atoms with van der Waals surface area (Å²) >= 11 is 5.78. The van der Waals surface area contributed by atoms with Gasteiger partial charge in [0.25, 0.3) is 0 Å². The molecule has 0 saturated heterocycles. The Morgan fingerprint density at radius 2 is 1.48 bits per heavy atom. The quantitative estimate of drug-likeness (QED) is 0.789. The highest BCUT2D eigenvalue weighted by atomic mass is 35.5. The Labute approximate surface area is 139 Å². The zero-order valence-electron chi connectivity index (χ0n) is 12.6. The second-order valence-corrected chi connectivity index (χ2v) is 5.24. The van der Waals surface area contributed by atoms with E-state index >= 15 is 0 Å². The average Bonchev–Trinajstić information content (AvgIpc) is 2.55. The third-order valence-corrected chi connectivity index (χ3v) is 3.17. The van der Waals surface area contributed by atoms with Crippen molar-refractivity contribution in [1.29, 1.82) is 0 Å². The average molecular weight is 333 g/mol. The summed E-state index contributed by atoms with van der Waals surface area (Å²) in [6, 6.07) is 12.9. The van der Waals surface area contributed by atoms with Gasteiger partial charge in [-0.15, -0.1) is 0 Å². The monoisotopic (exact) mass is 332 g/mol. The van der Waals surface area contributed by atoms with Crippen LogP contribution in [-0.2, 0) is 4.74 Å². The summed E-state index contributed by atoms with van der Waals surface area (Å²) in [4.78, 5) is 23.6. The maximum absolute atomic E-state index is 11.9. The molecular weight excluding hydrogens is 316 g/mol. The first kappa shape index (κ1) is 16.8. The van der Waals surface area contributed by atoms with Gasteiger partial charge in [-0.2, -0.15) is 0 Å². The summed E-state index contributed by atoms with van der Waals surface area (Å²) in [5, 5.41) is 5.96. The molecule has 0 aliphatic heterocycles. The lowest BCUT2D eigenvalue weighted by molar-refractivity contribution is 0.0505. The first-order chi connectivity index (χ1) is 11.1. The number of amides is 2. The van der Waals surface area contributed by atoms with Crippen molar-refractivity contribution in [3.63, 3.8) is 0 Å². The van der Waals surface area contributed by atoms with Crippen LogP contribution < -0.4 is 10.6 Å². The van der Waals surface area contributed by atoms with Gasteiger partial charge in [-0.3, -0.25) is 0 Å². The minimum atomic E-state index is -0.381. The van der Waals surface area contributed by atoms with Crippen LogP contribution in [0.3, 0.4) is 0 Å². The largest absolute Gasteiger partial charge is 0.462 e. The Hall–Kier alpha value is -2.53. The molecule has 0 spiro atoms. The van der Waals surface area contributed by atoms with E-state index in [1.807, 2.05) is 6.92 Å². The summed E-state index contributed by atoms with van der Waals surface area (Å²) in [6.45, 7) is 2.32. The number of carbonyl (C=O) groups excluding carboxylic acids is 2. The molecule has 2 aromatic carbocycles. The highest BCUT2D eigenvalue weighted by molar-refractivity contribution is 6.30. The van der Waals surface area contributed by atoms with Crippen LogP contribution in [0.15, 0.2) is 48.5 Å². The molecule has 0 bridgehead atoms. The topological polar surface area (TPSA) is 67.4 Å². The number of carbonyl (C=O) groups is 2. The second-order valence-electron chi connectivity index (χ2n) is 4.80. The number of rotatable bonds is 5. The number of anilines is 2. The van der Waals surface area contributed by atoms with Crippen molar-refractivity contribution in [2.75, 3.05) is 17.2 Å². The minimum absolute atomic E-state index is 0.371. The fourth-order valence-corrected chi connectivity index (χ4v) is 1.92. The standard InChI is InChI=1S/C17H17ClN2O3/c1-2-11-23-16(21)12-3-7-14(8-4-12)19-17(22)20-15-9-5-13(18)6-10-15/h3-10H,2,11H2,1H3,(H2,19,20,22). The van der Waals surface area contributed by atoms with Gasteiger partial charge in [-0.05, 0) is 55.0 Å². The van der Waals surface area contributed by atoms with Crippen molar-refractivity contribution in [3.8, 4) is 0 Å². The molecular formula is C17H17ClN2O3. The third-order valence-electron chi connectivity index (χ3n) is 2.92. The first-order valence-electron chi connectivity index (χ1n) is 7.19. The van der Waals surface area contributed by atoms with Gasteiger partial charge in [0.05, 0.1) is 12.2 Å². The van der Waals surface area contributed by atoms with Crippen LogP contribution in [0, 0.1) is 0 Å². The van der Waals surface area contributed by atoms with Crippen LogP contribution in [0.1, 0.15) is 23.7 Å². The smallest absolute Gasteiger partial charge is 0.338 e. The molecule has 0 aliphatic carbocycles. The van der Waals surface area contributed by atoms with Crippen LogP contribution in [-0.4, -0.2) is 18.6 Å². The molecule has 5 nitrogen and oxygen atoms in total. The van der Waals surface area contributed by atoms with E-state index in [4.69, 9.17) is 16.3 Å². The molecule has 120 valence electrons. The van der Waals surface area contributed by atoms with E-state index in [0.29, 0.717) is 28.6 Å². The summed E-state index contributed by atoms with van der Waals surface area (Å²) in [6.07, 6.45) is 0.774. The van der Waals surface area contributed by atoms with Crippen molar-refractivity contribution >= 4 is 35.0 Å². The number of benzene rings is 2. The summed E-state index contributed by atoms with van der Waals surface area (Å²) < 4.78 is 5.04. The van der Waals surface area contributed by atoms with Gasteiger partial charge in [0.15, 0.2) is 0 Å². The normalized spacial score (nSPS) is 10.0. The second kappa shape index (κ2) is 8.19. The predicted molar refractivity (Wildman–Crippen MR) is 91.1 cm³/mol. The molecule has 6 heteroatoms. The van der Waals surface area contributed by atoms with Crippen LogP contribution in [0.5, 0.6) is 0 Å². The molecule has 0 radical (unpaired) electrons. The van der Waals surface area contributed by atoms with Gasteiger partial charge in [0.2, 0.25) is 0 Å². The highest BCUT2D eigenvalue weighted by Crippen LogP contribution is 2.15. The van der Waals surface area contributed by atoms with Gasteiger partial charge in [-0.25, -0.2) is 9.59 Å². The lowest BCUT2D eigenvalue weighted by Crippen LogP contribution is -2.19. The molecule has 0 fully saturated rings. The van der Waals surface area contributed by atoms with E-state index in [1.54, 1.807) is 48.5 Å². The predicted octanol–water partition coefficient (Wildman–Crippen LogP) is 4.55. The molecule has 2 N–H and O–H groups in total. The van der Waals surface area contributed by atoms with Crippen molar-refractivity contribution < 1.29 is 14.3 Å². The molecule has 0 saturated carbocycles. The van der Waals surface area contributed by atoms with Crippen molar-refractivity contribution in [2.45, 2.75) is 13.3 Å². The Morgan fingerprint density at radius 3 is 2.00 bits per heavy atom. The third kappa shape index (κ3) is 5.30. The van der Waals surface area contributed by atoms with Crippen molar-refractivity contribution in [2.24, 2.45) is 0 Å². The van der Waals surface area contributed by atoms with E-state index < -0.39 is 0 Å². The number of esters is 1. The van der Waals surface area contributed by atoms with E-state index in [9.17, 15) is 9.59 Å². The number of nitrogens with one attached hydrogen (secondary N) is 2. The molecule has 23 heavy (non-hydrogen) atoms. The van der Waals surface area contributed by atoms with Gasteiger partial charge < -0.3 is 15.4 Å². The molecule has 2 amide bonds. The van der Waals surface area contributed by atoms with Crippen molar-refractivity contribution in [3.05, 3.63) is 59.1 Å². The van der Waals surface area contributed by atoms with E-state index in [2.05, 4.69) is 10.6 Å². The number of hydrogen-bond acceptors (Lipinski definition) is 3. The Kier molecular flexibility index (Phi) is 6.00. The Morgan fingerprint density at radius 1 is 0.957 bits per heavy atom. The number of halogens is 1. The highest BCUT2D eigenvalue weighted by Gasteiger charge is 2.07. The molecule has 0 aliphatic rings. The lowest BCUT2D eigenvalue weighted by atomic mass is 10.2. The number of hydrogen-bond donors (Lipinski definition) is 2. The fourth-order valence-electron chi connectivity index (χ4n) is 1.79. The molecule has 0 heterocycles. The fraction of sp³-hybridized carbons (Fsp3) is 0.176. The zero-order chi connectivity index (χ0) is 16.7. The molecule has 0 atom stereocenters. The maximum atomic E-state index is 11.9. The van der Waals surface area contributed by atoms with Gasteiger partial charge in [0.1, 0.15) is 0 Å². The van der Waals surface area contributed by atoms with Gasteiger partial charge in [-0.1, -0.05) is 18.5 Å².